The largest absolute Gasteiger partial charge is 0.416 e. The zero-order valence-corrected chi connectivity index (χ0v) is 16.3. The van der Waals surface area contributed by atoms with Gasteiger partial charge in [0.15, 0.2) is 11.6 Å². The Morgan fingerprint density at radius 1 is 0.931 bits per heavy atom. The Hall–Kier alpha value is -2.77. The van der Waals surface area contributed by atoms with E-state index in [1.165, 1.54) is 6.07 Å². The van der Waals surface area contributed by atoms with E-state index in [1.807, 2.05) is 22.9 Å². The van der Waals surface area contributed by atoms with Crippen LogP contribution >= 0.6 is 24.0 Å². The summed E-state index contributed by atoms with van der Waals surface area (Å²) in [4.78, 5) is 0. The molecule has 0 aliphatic carbocycles. The van der Waals surface area contributed by atoms with Gasteiger partial charge in [-0.1, -0.05) is 29.8 Å². The van der Waals surface area contributed by atoms with E-state index < -0.39 is 11.7 Å². The van der Waals surface area contributed by atoms with Gasteiger partial charge in [-0.3, -0.25) is 4.57 Å². The van der Waals surface area contributed by atoms with Gasteiger partial charge < -0.3 is 4.57 Å². The number of fused-ring (bicyclic) bond motifs is 5. The number of alkyl halides is 3. The monoisotopic (exact) mass is 436 g/mol. The molecule has 5 rings (SSSR count). The molecule has 1 aliphatic rings. The van der Waals surface area contributed by atoms with Crippen molar-refractivity contribution < 1.29 is 13.2 Å². The molecule has 0 N–H and O–H groups in total. The first kappa shape index (κ1) is 19.5. The molecule has 1 aliphatic heterocycles. The molecule has 29 heavy (non-hydrogen) atoms. The number of aromatic nitrogens is 4. The normalized spacial score (nSPS) is 12.4. The van der Waals surface area contributed by atoms with Gasteiger partial charge in [0, 0.05) is 18.3 Å². The van der Waals surface area contributed by atoms with Crippen LogP contribution in [0.15, 0.2) is 60.8 Å². The third-order valence-corrected chi connectivity index (χ3v) is 5.16. The Bertz CT molecular complexity index is 1210. The van der Waals surface area contributed by atoms with Gasteiger partial charge in [-0.05, 0) is 42.0 Å². The second-order valence-electron chi connectivity index (χ2n) is 6.53. The van der Waals surface area contributed by atoms with Crippen LogP contribution in [0.4, 0.5) is 13.2 Å². The third kappa shape index (κ3) is 3.10. The van der Waals surface area contributed by atoms with E-state index >= 15 is 0 Å². The lowest BCUT2D eigenvalue weighted by Gasteiger charge is -2.15. The lowest BCUT2D eigenvalue weighted by atomic mass is 10.1. The van der Waals surface area contributed by atoms with E-state index in [0.29, 0.717) is 34.5 Å². The van der Waals surface area contributed by atoms with Crippen LogP contribution in [0.3, 0.4) is 0 Å². The highest BCUT2D eigenvalue weighted by molar-refractivity contribution is 6.33. The summed E-state index contributed by atoms with van der Waals surface area (Å²) in [7, 11) is 0. The van der Waals surface area contributed by atoms with E-state index in [9.17, 15) is 13.2 Å². The van der Waals surface area contributed by atoms with Crippen molar-refractivity contribution in [1.29, 1.82) is 0 Å². The zero-order chi connectivity index (χ0) is 19.5. The average molecular weight is 437 g/mol. The van der Waals surface area contributed by atoms with Crippen molar-refractivity contribution in [1.82, 2.24) is 19.3 Å². The van der Waals surface area contributed by atoms with Crippen LogP contribution in [0, 0.1) is 0 Å². The van der Waals surface area contributed by atoms with Crippen molar-refractivity contribution in [2.45, 2.75) is 12.7 Å². The van der Waals surface area contributed by atoms with Gasteiger partial charge in [0.05, 0.1) is 22.0 Å². The summed E-state index contributed by atoms with van der Waals surface area (Å²) in [6.07, 6.45) is -2.58. The molecule has 9 heteroatoms. The second-order valence-corrected chi connectivity index (χ2v) is 6.93. The standard InChI is InChI=1S/C20H12ClF3N4.ClH/c21-15-5-2-1-4-14(15)18-25-26-19-16-6-3-9-27(16)11-12-7-8-13(20(22,23)24)10-17(12)28(18)19;/h1-10H,11H2;1H. The summed E-state index contributed by atoms with van der Waals surface area (Å²) < 4.78 is 43.8. The SMILES string of the molecule is Cl.FC(F)(F)c1ccc2c(c1)-n1c(-c3ccccc3Cl)nnc1-c1cccn1C2. The van der Waals surface area contributed by atoms with E-state index in [-0.39, 0.29) is 12.4 Å². The third-order valence-electron chi connectivity index (χ3n) is 4.83. The minimum absolute atomic E-state index is 0. The summed E-state index contributed by atoms with van der Waals surface area (Å²) in [5, 5.41) is 9.01. The molecule has 0 unspecified atom stereocenters. The molecule has 0 spiro atoms. The summed E-state index contributed by atoms with van der Waals surface area (Å²) >= 11 is 6.34. The molecule has 0 bridgehead atoms. The molecular formula is C20H13Cl2F3N4. The van der Waals surface area contributed by atoms with Crippen molar-refractivity contribution in [2.24, 2.45) is 0 Å². The van der Waals surface area contributed by atoms with Crippen LogP contribution in [-0.2, 0) is 12.7 Å². The number of rotatable bonds is 1. The minimum Gasteiger partial charge on any atom is -0.340 e. The van der Waals surface area contributed by atoms with Crippen LogP contribution < -0.4 is 0 Å². The molecule has 4 aromatic rings. The molecule has 4 nitrogen and oxygen atoms in total. The number of hydrogen-bond acceptors (Lipinski definition) is 2. The maximum absolute atomic E-state index is 13.4. The lowest BCUT2D eigenvalue weighted by molar-refractivity contribution is -0.137. The van der Waals surface area contributed by atoms with E-state index in [4.69, 9.17) is 11.6 Å². The molecule has 3 heterocycles. The first-order chi connectivity index (χ1) is 13.4. The first-order valence-corrected chi connectivity index (χ1v) is 8.87. The molecule has 2 aromatic carbocycles. The van der Waals surface area contributed by atoms with Crippen LogP contribution in [-0.4, -0.2) is 19.3 Å². The molecule has 148 valence electrons. The Balaban J connectivity index is 0.00000205. The van der Waals surface area contributed by atoms with Crippen molar-refractivity contribution in [2.75, 3.05) is 0 Å². The fourth-order valence-electron chi connectivity index (χ4n) is 3.52. The average Bonchev–Trinajstić information content (AvgIpc) is 3.26. The fourth-order valence-corrected chi connectivity index (χ4v) is 3.74. The Morgan fingerprint density at radius 3 is 2.45 bits per heavy atom. The summed E-state index contributed by atoms with van der Waals surface area (Å²) in [6.45, 7) is 0.432. The van der Waals surface area contributed by atoms with Crippen LogP contribution in [0.2, 0.25) is 5.02 Å². The van der Waals surface area contributed by atoms with Crippen molar-refractivity contribution in [3.63, 3.8) is 0 Å². The number of nitrogens with zero attached hydrogens (tertiary/aromatic N) is 4. The molecule has 0 amide bonds. The molecular weight excluding hydrogens is 424 g/mol. The molecule has 2 aromatic heterocycles. The maximum atomic E-state index is 13.4. The zero-order valence-electron chi connectivity index (χ0n) is 14.7. The summed E-state index contributed by atoms with van der Waals surface area (Å²) in [5.74, 6) is 0.869. The lowest BCUT2D eigenvalue weighted by Crippen LogP contribution is -2.09. The molecule has 0 saturated heterocycles. The van der Waals surface area contributed by atoms with Crippen LogP contribution in [0.5, 0.6) is 0 Å². The smallest absolute Gasteiger partial charge is 0.340 e. The van der Waals surface area contributed by atoms with Gasteiger partial charge in [-0.25, -0.2) is 0 Å². The van der Waals surface area contributed by atoms with Gasteiger partial charge in [0.1, 0.15) is 0 Å². The van der Waals surface area contributed by atoms with Gasteiger partial charge in [-0.2, -0.15) is 13.2 Å². The molecule has 0 radical (unpaired) electrons. The fraction of sp³-hybridized carbons (Fsp3) is 0.100. The Kier molecular flexibility index (Phi) is 4.67. The van der Waals surface area contributed by atoms with Gasteiger partial charge in [-0.15, -0.1) is 22.6 Å². The topological polar surface area (TPSA) is 35.6 Å². The van der Waals surface area contributed by atoms with Crippen molar-refractivity contribution in [3.8, 4) is 28.6 Å². The second kappa shape index (κ2) is 6.93. The predicted molar refractivity (Wildman–Crippen MR) is 107 cm³/mol. The maximum Gasteiger partial charge on any atom is 0.416 e. The first-order valence-electron chi connectivity index (χ1n) is 8.50. The highest BCUT2D eigenvalue weighted by Gasteiger charge is 2.33. The van der Waals surface area contributed by atoms with Crippen molar-refractivity contribution >= 4 is 24.0 Å². The van der Waals surface area contributed by atoms with E-state index in [2.05, 4.69) is 10.2 Å². The van der Waals surface area contributed by atoms with E-state index in [0.717, 1.165) is 23.4 Å². The summed E-state index contributed by atoms with van der Waals surface area (Å²) in [5.41, 5.74) is 1.79. The van der Waals surface area contributed by atoms with Crippen LogP contribution in [0.25, 0.3) is 28.6 Å². The number of hydrogen-bond donors (Lipinski definition) is 0. The highest BCUT2D eigenvalue weighted by atomic mass is 35.5. The van der Waals surface area contributed by atoms with E-state index in [1.54, 1.807) is 28.8 Å². The molecule has 0 fully saturated rings. The number of halogens is 5. The van der Waals surface area contributed by atoms with Crippen molar-refractivity contribution in [3.05, 3.63) is 76.9 Å². The molecule has 0 atom stereocenters. The minimum atomic E-state index is -4.45. The highest BCUT2D eigenvalue weighted by Crippen LogP contribution is 2.38. The Labute approximate surface area is 175 Å². The van der Waals surface area contributed by atoms with Gasteiger partial charge in [0.25, 0.3) is 0 Å². The summed E-state index contributed by atoms with van der Waals surface area (Å²) in [6, 6.07) is 14.6. The molecule has 0 saturated carbocycles. The number of benzene rings is 2. The van der Waals surface area contributed by atoms with Crippen LogP contribution in [0.1, 0.15) is 11.1 Å². The van der Waals surface area contributed by atoms with Gasteiger partial charge in [0.2, 0.25) is 0 Å². The van der Waals surface area contributed by atoms with Gasteiger partial charge >= 0.3 is 6.18 Å². The quantitative estimate of drug-likeness (QED) is 0.330. The predicted octanol–water partition coefficient (Wildman–Crippen LogP) is 5.86. The Morgan fingerprint density at radius 2 is 1.69 bits per heavy atom.